The van der Waals surface area contributed by atoms with Gasteiger partial charge in [-0.15, -0.1) is 11.3 Å². The minimum atomic E-state index is 0.818. The van der Waals surface area contributed by atoms with Crippen molar-refractivity contribution in [3.63, 3.8) is 0 Å². The standard InChI is InChI=1S/C12H20BrNS/c1-9(6-7-14-3)4-5-11-8-12(13)10(2)15-11/h8-9,14H,4-7H2,1-3H3. The number of aryl methyl sites for hydroxylation is 2. The Bertz CT molecular complexity index is 276. The molecule has 0 fully saturated rings. The first-order chi connectivity index (χ1) is 7.13. The minimum absolute atomic E-state index is 0.818. The fourth-order valence-electron chi connectivity index (χ4n) is 1.56. The van der Waals surface area contributed by atoms with Crippen LogP contribution in [0.1, 0.15) is 29.5 Å². The van der Waals surface area contributed by atoms with Crippen LogP contribution in [0.25, 0.3) is 0 Å². The predicted molar refractivity (Wildman–Crippen MR) is 72.8 cm³/mol. The second kappa shape index (κ2) is 6.66. The van der Waals surface area contributed by atoms with E-state index in [9.17, 15) is 0 Å². The molecule has 0 aliphatic rings. The van der Waals surface area contributed by atoms with Crippen LogP contribution < -0.4 is 5.32 Å². The average molecular weight is 290 g/mol. The smallest absolute Gasteiger partial charge is 0.0314 e. The van der Waals surface area contributed by atoms with Crippen LogP contribution >= 0.6 is 27.3 Å². The van der Waals surface area contributed by atoms with Crippen molar-refractivity contribution >= 4 is 27.3 Å². The third-order valence-corrected chi connectivity index (χ3v) is 4.88. The summed E-state index contributed by atoms with van der Waals surface area (Å²) >= 11 is 5.48. The number of thiophene rings is 1. The lowest BCUT2D eigenvalue weighted by molar-refractivity contribution is 0.483. The molecule has 0 radical (unpaired) electrons. The number of nitrogens with one attached hydrogen (secondary N) is 1. The molecule has 86 valence electrons. The van der Waals surface area contributed by atoms with Gasteiger partial charge in [0, 0.05) is 14.2 Å². The Balaban J connectivity index is 2.30. The molecule has 0 aliphatic carbocycles. The quantitative estimate of drug-likeness (QED) is 0.835. The lowest BCUT2D eigenvalue weighted by Crippen LogP contribution is -2.11. The molecule has 0 aromatic carbocycles. The highest BCUT2D eigenvalue weighted by Gasteiger charge is 2.06. The first-order valence-corrected chi connectivity index (χ1v) is 7.14. The van der Waals surface area contributed by atoms with Gasteiger partial charge in [-0.3, -0.25) is 0 Å². The zero-order valence-electron chi connectivity index (χ0n) is 9.77. The van der Waals surface area contributed by atoms with Gasteiger partial charge in [-0.1, -0.05) is 6.92 Å². The van der Waals surface area contributed by atoms with Crippen LogP contribution in [0, 0.1) is 12.8 Å². The van der Waals surface area contributed by atoms with E-state index in [0.717, 1.165) is 12.5 Å². The van der Waals surface area contributed by atoms with E-state index in [4.69, 9.17) is 0 Å². The van der Waals surface area contributed by atoms with Crippen molar-refractivity contribution in [2.24, 2.45) is 5.92 Å². The Kier molecular flexibility index (Phi) is 5.87. The SMILES string of the molecule is CNCCC(C)CCc1cc(Br)c(C)s1. The van der Waals surface area contributed by atoms with Crippen molar-refractivity contribution in [2.45, 2.75) is 33.1 Å². The molecule has 15 heavy (non-hydrogen) atoms. The van der Waals surface area contributed by atoms with Crippen LogP contribution in [0.15, 0.2) is 10.5 Å². The molecule has 1 aromatic heterocycles. The van der Waals surface area contributed by atoms with Gasteiger partial charge in [0.15, 0.2) is 0 Å². The summed E-state index contributed by atoms with van der Waals surface area (Å²) in [5.41, 5.74) is 0. The average Bonchev–Trinajstić information content (AvgIpc) is 2.52. The number of hydrogen-bond donors (Lipinski definition) is 1. The molecule has 0 saturated carbocycles. The fourth-order valence-corrected chi connectivity index (χ4v) is 3.18. The van der Waals surface area contributed by atoms with Crippen LogP contribution in [-0.2, 0) is 6.42 Å². The van der Waals surface area contributed by atoms with Crippen molar-refractivity contribution in [3.8, 4) is 0 Å². The molecule has 1 N–H and O–H groups in total. The lowest BCUT2D eigenvalue weighted by Gasteiger charge is -2.09. The van der Waals surface area contributed by atoms with E-state index in [1.807, 2.05) is 18.4 Å². The number of halogens is 1. The molecule has 0 amide bonds. The van der Waals surface area contributed by atoms with E-state index in [-0.39, 0.29) is 0 Å². The van der Waals surface area contributed by atoms with Gasteiger partial charge in [0.05, 0.1) is 0 Å². The highest BCUT2D eigenvalue weighted by Crippen LogP contribution is 2.28. The van der Waals surface area contributed by atoms with E-state index >= 15 is 0 Å². The van der Waals surface area contributed by atoms with Crippen molar-refractivity contribution in [3.05, 3.63) is 20.3 Å². The molecule has 0 saturated heterocycles. The molecule has 1 atom stereocenters. The first kappa shape index (κ1) is 13.2. The van der Waals surface area contributed by atoms with E-state index in [0.29, 0.717) is 0 Å². The van der Waals surface area contributed by atoms with Crippen molar-refractivity contribution in [2.75, 3.05) is 13.6 Å². The Labute approximate surface area is 105 Å². The highest BCUT2D eigenvalue weighted by molar-refractivity contribution is 9.10. The Hall–Kier alpha value is 0.140. The molecule has 0 bridgehead atoms. The Morgan fingerprint density at radius 3 is 2.73 bits per heavy atom. The van der Waals surface area contributed by atoms with Crippen LogP contribution in [0.3, 0.4) is 0 Å². The number of rotatable bonds is 6. The van der Waals surface area contributed by atoms with Crippen molar-refractivity contribution < 1.29 is 0 Å². The maximum atomic E-state index is 3.57. The van der Waals surface area contributed by atoms with E-state index in [1.165, 1.54) is 33.5 Å². The van der Waals surface area contributed by atoms with Crippen LogP contribution in [0.4, 0.5) is 0 Å². The summed E-state index contributed by atoms with van der Waals surface area (Å²) in [4.78, 5) is 2.91. The second-order valence-corrected chi connectivity index (χ2v) is 6.35. The normalized spacial score (nSPS) is 13.1. The molecular formula is C12H20BrNS. The number of hydrogen-bond acceptors (Lipinski definition) is 2. The van der Waals surface area contributed by atoms with E-state index < -0.39 is 0 Å². The largest absolute Gasteiger partial charge is 0.320 e. The summed E-state index contributed by atoms with van der Waals surface area (Å²) in [5, 5.41) is 3.21. The monoisotopic (exact) mass is 289 g/mol. The van der Waals surface area contributed by atoms with E-state index in [2.05, 4.69) is 41.2 Å². The summed E-state index contributed by atoms with van der Waals surface area (Å²) in [7, 11) is 2.02. The second-order valence-electron chi connectivity index (χ2n) is 4.15. The van der Waals surface area contributed by atoms with Gasteiger partial charge >= 0.3 is 0 Å². The topological polar surface area (TPSA) is 12.0 Å². The molecule has 1 aromatic rings. The summed E-state index contributed by atoms with van der Waals surface area (Å²) < 4.78 is 1.27. The zero-order valence-corrected chi connectivity index (χ0v) is 12.2. The van der Waals surface area contributed by atoms with Crippen LogP contribution in [0.2, 0.25) is 0 Å². The van der Waals surface area contributed by atoms with Crippen molar-refractivity contribution in [1.82, 2.24) is 5.32 Å². The molecule has 1 heterocycles. The van der Waals surface area contributed by atoms with Crippen LogP contribution in [-0.4, -0.2) is 13.6 Å². The van der Waals surface area contributed by atoms with Gasteiger partial charge in [0.25, 0.3) is 0 Å². The molecule has 1 nitrogen and oxygen atoms in total. The van der Waals surface area contributed by atoms with Gasteiger partial charge in [-0.05, 0) is 67.7 Å². The predicted octanol–water partition coefficient (Wildman–Crippen LogP) is 4.00. The molecule has 0 spiro atoms. The van der Waals surface area contributed by atoms with E-state index in [1.54, 1.807) is 0 Å². The lowest BCUT2D eigenvalue weighted by atomic mass is 10.0. The third-order valence-electron chi connectivity index (χ3n) is 2.68. The van der Waals surface area contributed by atoms with Gasteiger partial charge in [-0.25, -0.2) is 0 Å². The Morgan fingerprint density at radius 1 is 1.47 bits per heavy atom. The zero-order chi connectivity index (χ0) is 11.3. The maximum absolute atomic E-state index is 3.57. The van der Waals surface area contributed by atoms with Crippen LogP contribution in [0.5, 0.6) is 0 Å². The summed E-state index contributed by atoms with van der Waals surface area (Å²) in [6.07, 6.45) is 3.80. The first-order valence-electron chi connectivity index (χ1n) is 5.53. The summed E-state index contributed by atoms with van der Waals surface area (Å²) in [6, 6.07) is 2.27. The molecule has 1 unspecified atom stereocenters. The summed E-state index contributed by atoms with van der Waals surface area (Å²) in [5.74, 6) is 0.818. The minimum Gasteiger partial charge on any atom is -0.320 e. The Morgan fingerprint density at radius 2 is 2.20 bits per heavy atom. The van der Waals surface area contributed by atoms with Crippen molar-refractivity contribution in [1.29, 1.82) is 0 Å². The summed E-state index contributed by atoms with van der Waals surface area (Å²) in [6.45, 7) is 5.64. The fraction of sp³-hybridized carbons (Fsp3) is 0.667. The van der Waals surface area contributed by atoms with Gasteiger partial charge in [-0.2, -0.15) is 0 Å². The van der Waals surface area contributed by atoms with Gasteiger partial charge in [0.2, 0.25) is 0 Å². The molecule has 1 rings (SSSR count). The highest BCUT2D eigenvalue weighted by atomic mass is 79.9. The molecular weight excluding hydrogens is 270 g/mol. The molecule has 3 heteroatoms. The third kappa shape index (κ3) is 4.66. The molecule has 0 aliphatic heterocycles. The maximum Gasteiger partial charge on any atom is 0.0314 e. The van der Waals surface area contributed by atoms with Gasteiger partial charge < -0.3 is 5.32 Å². The van der Waals surface area contributed by atoms with Gasteiger partial charge in [0.1, 0.15) is 0 Å².